The molecule has 28 heavy (non-hydrogen) atoms. The molecular formula is C20H18BrN3O3S. The zero-order chi connectivity index (χ0) is 20.0. The van der Waals surface area contributed by atoms with E-state index in [1.165, 1.54) is 21.7 Å². The third-order valence-corrected chi connectivity index (χ3v) is 6.30. The van der Waals surface area contributed by atoms with E-state index in [1.54, 1.807) is 4.57 Å². The lowest BCUT2D eigenvalue weighted by Gasteiger charge is -2.04. The standard InChI is InChI=1S/C20H18BrN3O3S/c1-11-8-12(2)18-14(22-28-16(18)9-11)10-24-15-5-3-4-13(21)19(15)23(20(24)27)7-6-17(25)26/h3-5,8-9H,6-7,10H2,1-2H3,(H,25,26). The Labute approximate surface area is 173 Å². The molecule has 0 unspecified atom stereocenters. The molecule has 0 saturated heterocycles. The van der Waals surface area contributed by atoms with Crippen LogP contribution in [0.4, 0.5) is 0 Å². The predicted octanol–water partition coefficient (Wildman–Crippen LogP) is 4.32. The van der Waals surface area contributed by atoms with Crippen LogP contribution in [-0.4, -0.2) is 24.6 Å². The second kappa shape index (κ2) is 7.18. The van der Waals surface area contributed by atoms with Gasteiger partial charge in [-0.2, -0.15) is 4.37 Å². The Morgan fingerprint density at radius 2 is 2.04 bits per heavy atom. The van der Waals surface area contributed by atoms with E-state index in [0.29, 0.717) is 12.1 Å². The van der Waals surface area contributed by atoms with Crippen molar-refractivity contribution in [3.8, 4) is 0 Å². The molecule has 2 heterocycles. The fraction of sp³-hybridized carbons (Fsp3) is 0.250. The number of aromatic nitrogens is 3. The summed E-state index contributed by atoms with van der Waals surface area (Å²) < 4.78 is 9.69. The smallest absolute Gasteiger partial charge is 0.329 e. The van der Waals surface area contributed by atoms with Gasteiger partial charge in [-0.25, -0.2) is 4.79 Å². The van der Waals surface area contributed by atoms with E-state index in [0.717, 1.165) is 31.3 Å². The maximum Gasteiger partial charge on any atom is 0.329 e. The van der Waals surface area contributed by atoms with Crippen LogP contribution in [0.2, 0.25) is 0 Å². The van der Waals surface area contributed by atoms with Gasteiger partial charge in [-0.1, -0.05) is 12.1 Å². The summed E-state index contributed by atoms with van der Waals surface area (Å²) in [5, 5.41) is 10.1. The van der Waals surface area contributed by atoms with Gasteiger partial charge in [0.1, 0.15) is 0 Å². The van der Waals surface area contributed by atoms with Gasteiger partial charge in [0.15, 0.2) is 0 Å². The molecule has 144 valence electrons. The second-order valence-corrected chi connectivity index (χ2v) is 8.52. The van der Waals surface area contributed by atoms with E-state index in [9.17, 15) is 9.59 Å². The van der Waals surface area contributed by atoms with Gasteiger partial charge in [-0.05, 0) is 70.6 Å². The van der Waals surface area contributed by atoms with E-state index in [-0.39, 0.29) is 18.7 Å². The van der Waals surface area contributed by atoms with Gasteiger partial charge >= 0.3 is 11.7 Å². The summed E-state index contributed by atoms with van der Waals surface area (Å²) in [6.45, 7) is 4.58. The van der Waals surface area contributed by atoms with Crippen molar-refractivity contribution in [2.24, 2.45) is 0 Å². The molecule has 0 aliphatic carbocycles. The van der Waals surface area contributed by atoms with Crippen LogP contribution in [0.3, 0.4) is 0 Å². The Morgan fingerprint density at radius 1 is 1.25 bits per heavy atom. The van der Waals surface area contributed by atoms with Crippen LogP contribution in [-0.2, 0) is 17.9 Å². The highest BCUT2D eigenvalue weighted by molar-refractivity contribution is 9.10. The molecule has 0 saturated carbocycles. The minimum Gasteiger partial charge on any atom is -0.481 e. The topological polar surface area (TPSA) is 77.1 Å². The lowest BCUT2D eigenvalue weighted by atomic mass is 10.1. The third-order valence-electron chi connectivity index (χ3n) is 4.83. The Morgan fingerprint density at radius 3 is 2.79 bits per heavy atom. The van der Waals surface area contributed by atoms with Gasteiger partial charge in [-0.3, -0.25) is 13.9 Å². The molecule has 0 fully saturated rings. The summed E-state index contributed by atoms with van der Waals surface area (Å²) in [5.41, 5.74) is 4.43. The Kier molecular flexibility index (Phi) is 4.84. The van der Waals surface area contributed by atoms with Crippen molar-refractivity contribution in [2.75, 3.05) is 0 Å². The number of para-hydroxylation sites is 1. The number of imidazole rings is 1. The van der Waals surface area contributed by atoms with Gasteiger partial charge in [0.05, 0.1) is 34.4 Å². The largest absolute Gasteiger partial charge is 0.481 e. The van der Waals surface area contributed by atoms with E-state index in [4.69, 9.17) is 5.11 Å². The molecule has 8 heteroatoms. The lowest BCUT2D eigenvalue weighted by molar-refractivity contribution is -0.137. The van der Waals surface area contributed by atoms with Crippen molar-refractivity contribution in [3.63, 3.8) is 0 Å². The SMILES string of the molecule is Cc1cc(C)c2c(Cn3c(=O)n(CCC(=O)O)c4c(Br)cccc43)nsc2c1. The molecule has 0 bridgehead atoms. The maximum absolute atomic E-state index is 13.1. The first-order valence-electron chi connectivity index (χ1n) is 8.81. The van der Waals surface area contributed by atoms with Crippen LogP contribution in [0.15, 0.2) is 39.6 Å². The maximum atomic E-state index is 13.1. The van der Waals surface area contributed by atoms with Crippen LogP contribution >= 0.6 is 27.5 Å². The van der Waals surface area contributed by atoms with Crippen molar-refractivity contribution >= 4 is 54.6 Å². The number of halogens is 1. The van der Waals surface area contributed by atoms with E-state index in [1.807, 2.05) is 18.2 Å². The minimum atomic E-state index is -0.934. The summed E-state index contributed by atoms with van der Waals surface area (Å²) in [4.78, 5) is 24.2. The van der Waals surface area contributed by atoms with Crippen molar-refractivity contribution in [1.82, 2.24) is 13.5 Å². The minimum absolute atomic E-state index is 0.113. The zero-order valence-electron chi connectivity index (χ0n) is 15.4. The molecule has 4 aromatic rings. The van der Waals surface area contributed by atoms with E-state index >= 15 is 0 Å². The summed E-state index contributed by atoms with van der Waals surface area (Å²) >= 11 is 4.94. The number of hydrogen-bond acceptors (Lipinski definition) is 4. The van der Waals surface area contributed by atoms with Gasteiger partial charge in [-0.15, -0.1) is 0 Å². The average molecular weight is 460 g/mol. The highest BCUT2D eigenvalue weighted by atomic mass is 79.9. The molecule has 0 aliphatic rings. The Balaban J connectivity index is 1.88. The van der Waals surface area contributed by atoms with Crippen molar-refractivity contribution in [3.05, 3.63) is 62.1 Å². The van der Waals surface area contributed by atoms with E-state index in [2.05, 4.69) is 46.3 Å². The fourth-order valence-electron chi connectivity index (χ4n) is 3.68. The number of aryl methyl sites for hydroxylation is 3. The molecule has 2 aromatic carbocycles. The molecule has 0 atom stereocenters. The molecule has 2 aromatic heterocycles. The lowest BCUT2D eigenvalue weighted by Crippen LogP contribution is -2.25. The summed E-state index contributed by atoms with van der Waals surface area (Å²) in [6, 6.07) is 9.84. The number of benzene rings is 2. The molecule has 0 amide bonds. The highest BCUT2D eigenvalue weighted by Crippen LogP contribution is 2.29. The third kappa shape index (κ3) is 3.16. The van der Waals surface area contributed by atoms with E-state index < -0.39 is 5.97 Å². The quantitative estimate of drug-likeness (QED) is 0.482. The van der Waals surface area contributed by atoms with Crippen molar-refractivity contribution in [2.45, 2.75) is 33.4 Å². The number of carbonyl (C=O) groups is 1. The summed E-state index contributed by atoms with van der Waals surface area (Å²) in [7, 11) is 0. The van der Waals surface area contributed by atoms with Gasteiger partial charge < -0.3 is 5.11 Å². The highest BCUT2D eigenvalue weighted by Gasteiger charge is 2.18. The summed E-state index contributed by atoms with van der Waals surface area (Å²) in [6.07, 6.45) is -0.113. The number of carboxylic acid groups (broad SMARTS) is 1. The number of carboxylic acids is 1. The monoisotopic (exact) mass is 459 g/mol. The van der Waals surface area contributed by atoms with Gasteiger partial charge in [0, 0.05) is 16.4 Å². The molecular weight excluding hydrogens is 442 g/mol. The second-order valence-electron chi connectivity index (χ2n) is 6.86. The molecule has 1 N–H and O–H groups in total. The predicted molar refractivity (Wildman–Crippen MR) is 114 cm³/mol. The number of aliphatic carboxylic acids is 1. The molecule has 0 spiro atoms. The van der Waals surface area contributed by atoms with Crippen LogP contribution in [0.5, 0.6) is 0 Å². The van der Waals surface area contributed by atoms with Crippen molar-refractivity contribution in [1.29, 1.82) is 0 Å². The van der Waals surface area contributed by atoms with Crippen LogP contribution in [0.25, 0.3) is 21.1 Å². The normalized spacial score (nSPS) is 11.5. The average Bonchev–Trinajstić information content (AvgIpc) is 3.14. The summed E-state index contributed by atoms with van der Waals surface area (Å²) in [5.74, 6) is -0.934. The fourth-order valence-corrected chi connectivity index (χ4v) is 5.22. The first-order chi connectivity index (χ1) is 13.4. The zero-order valence-corrected chi connectivity index (χ0v) is 17.8. The first kappa shape index (κ1) is 18.9. The number of hydrogen-bond donors (Lipinski definition) is 1. The van der Waals surface area contributed by atoms with Gasteiger partial charge in [0.25, 0.3) is 0 Å². The first-order valence-corrected chi connectivity index (χ1v) is 10.4. The molecule has 6 nitrogen and oxygen atoms in total. The molecule has 4 rings (SSSR count). The molecule has 0 aliphatic heterocycles. The Hall–Kier alpha value is -2.45. The number of nitrogens with zero attached hydrogens (tertiary/aromatic N) is 3. The van der Waals surface area contributed by atoms with Crippen LogP contribution in [0.1, 0.15) is 23.2 Å². The number of fused-ring (bicyclic) bond motifs is 2. The van der Waals surface area contributed by atoms with Crippen LogP contribution in [0, 0.1) is 13.8 Å². The molecule has 0 radical (unpaired) electrons. The van der Waals surface area contributed by atoms with Crippen molar-refractivity contribution < 1.29 is 9.90 Å². The Bertz CT molecular complexity index is 1290. The van der Waals surface area contributed by atoms with Crippen LogP contribution < -0.4 is 5.69 Å². The van der Waals surface area contributed by atoms with Gasteiger partial charge in [0.2, 0.25) is 0 Å². The number of rotatable bonds is 5.